The van der Waals surface area contributed by atoms with E-state index in [1.54, 1.807) is 11.8 Å². The van der Waals surface area contributed by atoms with E-state index in [-0.39, 0.29) is 12.3 Å². The molecule has 0 aliphatic heterocycles. The normalized spacial score (nSPS) is 13.8. The van der Waals surface area contributed by atoms with Gasteiger partial charge in [-0.1, -0.05) is 40.5 Å². The number of hydrogen-bond donors (Lipinski definition) is 12. The van der Waals surface area contributed by atoms with E-state index in [9.17, 15) is 28.8 Å². The van der Waals surface area contributed by atoms with E-state index in [2.05, 4.69) is 5.73 Å². The number of hydrogen-bond acceptors (Lipinski definition) is 13. The van der Waals surface area contributed by atoms with Crippen molar-refractivity contribution < 1.29 is 54.3 Å². The number of amides is 1. The van der Waals surface area contributed by atoms with Crippen LogP contribution in [0.3, 0.4) is 0 Å². The fourth-order valence-electron chi connectivity index (χ4n) is 2.41. The minimum atomic E-state index is -1.21. The summed E-state index contributed by atoms with van der Waals surface area (Å²) in [5.41, 5.74) is 35.7. The van der Waals surface area contributed by atoms with Gasteiger partial charge < -0.3 is 65.7 Å². The number of rotatable bonds is 18. The third-order valence-electron chi connectivity index (χ3n) is 5.56. The van der Waals surface area contributed by atoms with E-state index >= 15 is 0 Å². The largest absolute Gasteiger partial charge is 0.480 e. The maximum atomic E-state index is 10.2. The molecule has 19 heteroatoms. The molecule has 0 unspecified atom stereocenters. The maximum absolute atomic E-state index is 10.2. The van der Waals surface area contributed by atoms with Crippen molar-refractivity contribution in [3.05, 3.63) is 0 Å². The van der Waals surface area contributed by atoms with E-state index in [0.717, 1.165) is 25.0 Å². The number of thioether (sulfide) groups is 1. The standard InChI is InChI=1S/C6H14N2O2.2C6H13NO2.C5H11NO2S.C4H8N2O3/c7-4-2-1-3-5(8)6(9)10;1-4(2)3-5(7)6(8)9;1-3-4(2)5(7)6(8)9;1-9-3-2-4(6)5(7)8;5-2(4(8)9)1-3(6)7/h5H,1-4,7-8H2,(H,9,10);2*4-5H,3,7H2,1-2H3,(H,8,9);4H,2-3,6H2,1H3,(H,7,8);2H,1,5H2,(H2,6,7)(H,8,9)/t2*5-;4-,5-;4-;2-/m00000/s1. The zero-order valence-corrected chi connectivity index (χ0v) is 28.4. The number of primary amides is 1. The summed E-state index contributed by atoms with van der Waals surface area (Å²) in [4.78, 5) is 60.4. The van der Waals surface area contributed by atoms with Crippen LogP contribution in [0, 0.1) is 11.8 Å². The highest BCUT2D eigenvalue weighted by atomic mass is 32.2. The van der Waals surface area contributed by atoms with Gasteiger partial charge in [-0.05, 0) is 56.1 Å². The van der Waals surface area contributed by atoms with Crippen molar-refractivity contribution in [2.24, 2.45) is 52.0 Å². The zero-order chi connectivity index (χ0) is 37.6. The Labute approximate surface area is 275 Å². The van der Waals surface area contributed by atoms with Crippen molar-refractivity contribution in [2.75, 3.05) is 18.6 Å². The number of carboxylic acid groups (broad SMARTS) is 5. The molecule has 0 aliphatic carbocycles. The van der Waals surface area contributed by atoms with E-state index in [4.69, 9.17) is 59.9 Å². The van der Waals surface area contributed by atoms with Gasteiger partial charge in [0.25, 0.3) is 0 Å². The van der Waals surface area contributed by atoms with E-state index in [0.29, 0.717) is 31.7 Å². The number of aliphatic carboxylic acids is 5. The van der Waals surface area contributed by atoms with Crippen LogP contribution < -0.4 is 40.1 Å². The van der Waals surface area contributed by atoms with Gasteiger partial charge in [0, 0.05) is 0 Å². The van der Waals surface area contributed by atoms with Crippen molar-refractivity contribution in [3.8, 4) is 0 Å². The summed E-state index contributed by atoms with van der Waals surface area (Å²) in [7, 11) is 0. The van der Waals surface area contributed by atoms with Crippen molar-refractivity contribution in [1.29, 1.82) is 0 Å². The lowest BCUT2D eigenvalue weighted by Crippen LogP contribution is -2.36. The Morgan fingerprint density at radius 3 is 1.28 bits per heavy atom. The second kappa shape index (κ2) is 33.3. The molecule has 0 aliphatic rings. The molecule has 18 nitrogen and oxygen atoms in total. The highest BCUT2D eigenvalue weighted by Gasteiger charge is 2.17. The van der Waals surface area contributed by atoms with Gasteiger partial charge in [-0.2, -0.15) is 11.8 Å². The second-order valence-electron chi connectivity index (χ2n) is 10.4. The zero-order valence-electron chi connectivity index (χ0n) is 27.5. The average Bonchev–Trinajstić information content (AvgIpc) is 2.95. The predicted molar refractivity (Wildman–Crippen MR) is 177 cm³/mol. The van der Waals surface area contributed by atoms with Crippen LogP contribution in [0.25, 0.3) is 0 Å². The minimum absolute atomic E-state index is 0.0718. The third-order valence-corrected chi connectivity index (χ3v) is 6.20. The summed E-state index contributed by atoms with van der Waals surface area (Å²) < 4.78 is 0. The molecule has 0 radical (unpaired) electrons. The van der Waals surface area contributed by atoms with Gasteiger partial charge in [0.05, 0.1) is 6.42 Å². The number of carbonyl (C=O) groups excluding carboxylic acids is 1. The van der Waals surface area contributed by atoms with Gasteiger partial charge in [-0.3, -0.25) is 28.8 Å². The van der Waals surface area contributed by atoms with Crippen LogP contribution in [0.2, 0.25) is 0 Å². The van der Waals surface area contributed by atoms with Crippen molar-refractivity contribution in [1.82, 2.24) is 0 Å². The highest BCUT2D eigenvalue weighted by Crippen LogP contribution is 2.04. The summed E-state index contributed by atoms with van der Waals surface area (Å²) in [5.74, 6) is -4.35. The van der Waals surface area contributed by atoms with Crippen LogP contribution in [0.5, 0.6) is 0 Å². The predicted octanol–water partition coefficient (Wildman–Crippen LogP) is -1.16. The first-order chi connectivity index (χ1) is 21.0. The first-order valence-corrected chi connectivity index (χ1v) is 15.8. The molecular weight excluding hydrogens is 630 g/mol. The Hall–Kier alpha value is -3.07. The third kappa shape index (κ3) is 40.9. The number of unbranched alkanes of at least 4 members (excludes halogenated alkanes) is 1. The Bertz CT molecular complexity index is 855. The molecular formula is C27H59N7O11S. The Balaban J connectivity index is -0.000000152. The lowest BCUT2D eigenvalue weighted by molar-refractivity contribution is -0.140. The average molecular weight is 690 g/mol. The quantitative estimate of drug-likeness (QED) is 0.0755. The molecule has 19 N–H and O–H groups in total. The molecule has 6 atom stereocenters. The molecule has 0 aromatic carbocycles. The molecule has 0 spiro atoms. The SMILES string of the molecule is CC(C)C[C@H](N)C(=O)O.CC[C@H](C)[C@H](N)C(=O)O.CSCC[C@H](N)C(=O)O.NC(=O)C[C@H](N)C(=O)O.NCCCC[C@H](N)C(=O)O. The van der Waals surface area contributed by atoms with E-state index in [1.165, 1.54) is 0 Å². The number of carboxylic acids is 5. The monoisotopic (exact) mass is 689 g/mol. The van der Waals surface area contributed by atoms with Crippen LogP contribution in [-0.2, 0) is 28.8 Å². The van der Waals surface area contributed by atoms with Gasteiger partial charge in [0.2, 0.25) is 5.91 Å². The lowest BCUT2D eigenvalue weighted by Gasteiger charge is -2.11. The van der Waals surface area contributed by atoms with E-state index in [1.807, 2.05) is 34.0 Å². The summed E-state index contributed by atoms with van der Waals surface area (Å²) in [6.07, 6.45) is 5.70. The van der Waals surface area contributed by atoms with Crippen LogP contribution >= 0.6 is 11.8 Å². The van der Waals surface area contributed by atoms with Crippen LogP contribution in [0.15, 0.2) is 0 Å². The molecule has 0 aromatic rings. The lowest BCUT2D eigenvalue weighted by atomic mass is 10.0. The molecule has 0 fully saturated rings. The number of nitrogens with two attached hydrogens (primary N) is 7. The summed E-state index contributed by atoms with van der Waals surface area (Å²) in [6, 6.07) is -3.95. The van der Waals surface area contributed by atoms with Gasteiger partial charge in [0.15, 0.2) is 0 Å². The first kappa shape index (κ1) is 52.5. The Morgan fingerprint density at radius 1 is 0.652 bits per heavy atom. The van der Waals surface area contributed by atoms with Crippen LogP contribution in [0.4, 0.5) is 0 Å². The van der Waals surface area contributed by atoms with Crippen molar-refractivity contribution >= 4 is 47.5 Å². The van der Waals surface area contributed by atoms with Gasteiger partial charge in [-0.15, -0.1) is 0 Å². The molecule has 46 heavy (non-hydrogen) atoms. The first-order valence-electron chi connectivity index (χ1n) is 14.4. The van der Waals surface area contributed by atoms with E-state index < -0.39 is 66.0 Å². The molecule has 0 bridgehead atoms. The summed E-state index contributed by atoms with van der Waals surface area (Å²) in [5, 5.41) is 41.4. The smallest absolute Gasteiger partial charge is 0.321 e. The van der Waals surface area contributed by atoms with Gasteiger partial charge in [-0.25, -0.2) is 0 Å². The Morgan fingerprint density at radius 2 is 1.07 bits per heavy atom. The van der Waals surface area contributed by atoms with Crippen molar-refractivity contribution in [3.63, 3.8) is 0 Å². The summed E-state index contributed by atoms with van der Waals surface area (Å²) in [6.45, 7) is 8.25. The van der Waals surface area contributed by atoms with Gasteiger partial charge >= 0.3 is 29.8 Å². The summed E-state index contributed by atoms with van der Waals surface area (Å²) >= 11 is 1.60. The molecule has 0 aromatic heterocycles. The topological polar surface area (TPSA) is 386 Å². The van der Waals surface area contributed by atoms with Crippen LogP contribution in [0.1, 0.15) is 72.6 Å². The van der Waals surface area contributed by atoms with Crippen LogP contribution in [-0.4, -0.2) is 110 Å². The van der Waals surface area contributed by atoms with Crippen molar-refractivity contribution in [2.45, 2.75) is 103 Å². The fourth-order valence-corrected chi connectivity index (χ4v) is 2.90. The molecule has 0 saturated heterocycles. The molecule has 1 amide bonds. The highest BCUT2D eigenvalue weighted by molar-refractivity contribution is 7.98. The fraction of sp³-hybridized carbons (Fsp3) is 0.778. The minimum Gasteiger partial charge on any atom is -0.480 e. The molecule has 274 valence electrons. The second-order valence-corrected chi connectivity index (χ2v) is 11.4. The molecule has 0 rings (SSSR count). The Kier molecular flexibility index (Phi) is 38.0. The van der Waals surface area contributed by atoms with Gasteiger partial charge in [0.1, 0.15) is 30.2 Å². The molecule has 0 saturated carbocycles. The molecule has 0 heterocycles. The maximum Gasteiger partial charge on any atom is 0.321 e. The number of carbonyl (C=O) groups is 6.